The predicted octanol–water partition coefficient (Wildman–Crippen LogP) is 7.58. The van der Waals surface area contributed by atoms with Crippen LogP contribution in [0.2, 0.25) is 0 Å². The summed E-state index contributed by atoms with van der Waals surface area (Å²) in [6, 6.07) is 42.5. The Morgan fingerprint density at radius 1 is 0.571 bits per heavy atom. The van der Waals surface area contributed by atoms with E-state index < -0.39 is 5.91 Å². The molecule has 0 aromatic heterocycles. The normalized spacial score (nSPS) is 11.0. The molecule has 0 aliphatic heterocycles. The van der Waals surface area contributed by atoms with Crippen LogP contribution in [0, 0.1) is 0 Å². The molecule has 42 heavy (non-hydrogen) atoms. The number of hydrogen-bond acceptors (Lipinski definition) is 5. The van der Waals surface area contributed by atoms with Gasteiger partial charge in [-0.25, -0.2) is 5.43 Å². The van der Waals surface area contributed by atoms with Crippen LogP contribution in [-0.2, 0) is 19.8 Å². The van der Waals surface area contributed by atoms with Gasteiger partial charge in [-0.3, -0.25) is 4.79 Å². The average molecular weight is 557 g/mol. The highest BCUT2D eigenvalue weighted by Crippen LogP contribution is 2.40. The fourth-order valence-corrected chi connectivity index (χ4v) is 4.21. The van der Waals surface area contributed by atoms with E-state index in [1.807, 2.05) is 128 Å². The maximum Gasteiger partial charge on any atom is 0.271 e. The van der Waals surface area contributed by atoms with E-state index in [1.165, 1.54) is 0 Å². The molecule has 5 aromatic carbocycles. The summed E-state index contributed by atoms with van der Waals surface area (Å²) in [5.41, 5.74) is 7.57. The molecule has 0 fully saturated rings. The molecule has 5 rings (SSSR count). The van der Waals surface area contributed by atoms with E-state index in [1.54, 1.807) is 12.1 Å². The van der Waals surface area contributed by atoms with Crippen molar-refractivity contribution in [3.63, 3.8) is 0 Å². The first-order valence-corrected chi connectivity index (χ1v) is 13.7. The zero-order valence-electron chi connectivity index (χ0n) is 23.4. The number of ether oxygens (including phenoxy) is 3. The average Bonchev–Trinajstić information content (AvgIpc) is 3.06. The van der Waals surface area contributed by atoms with Crippen LogP contribution in [0.5, 0.6) is 17.2 Å². The Bertz CT molecular complexity index is 1540. The Balaban J connectivity index is 1.47. The molecule has 0 saturated carbocycles. The van der Waals surface area contributed by atoms with Gasteiger partial charge in [0.15, 0.2) is 11.5 Å². The number of carbonyl (C=O) groups excluding carboxylic acids is 1. The van der Waals surface area contributed by atoms with Gasteiger partial charge in [-0.1, -0.05) is 121 Å². The summed E-state index contributed by atoms with van der Waals surface area (Å²) in [5.74, 6) is 0.823. The van der Waals surface area contributed by atoms with Gasteiger partial charge in [0.25, 0.3) is 5.91 Å². The standard InChI is InChI=1S/C36H32N2O4/c1-27(31-20-12-5-13-21-31)37-38-36(39)32-22-33(40-24-28-14-6-2-7-15-28)35(42-26-30-18-10-4-11-19-30)34(23-32)41-25-29-16-8-3-9-17-29/h2-23H,24-26H2,1H3,(H,38,39)/b37-27+. The summed E-state index contributed by atoms with van der Waals surface area (Å²) in [4.78, 5) is 13.4. The largest absolute Gasteiger partial charge is 0.485 e. The van der Waals surface area contributed by atoms with Crippen molar-refractivity contribution in [3.8, 4) is 17.2 Å². The molecule has 210 valence electrons. The van der Waals surface area contributed by atoms with Crippen molar-refractivity contribution >= 4 is 11.6 Å². The molecule has 1 amide bonds. The smallest absolute Gasteiger partial charge is 0.271 e. The number of hydrazone groups is 1. The van der Waals surface area contributed by atoms with E-state index in [4.69, 9.17) is 14.2 Å². The molecule has 0 aliphatic rings. The summed E-state index contributed by atoms with van der Waals surface area (Å²) >= 11 is 0. The lowest BCUT2D eigenvalue weighted by atomic mass is 10.1. The van der Waals surface area contributed by atoms with Crippen molar-refractivity contribution < 1.29 is 19.0 Å². The van der Waals surface area contributed by atoms with Crippen LogP contribution in [0.4, 0.5) is 0 Å². The van der Waals surface area contributed by atoms with Crippen LogP contribution in [0.15, 0.2) is 139 Å². The lowest BCUT2D eigenvalue weighted by Crippen LogP contribution is -2.20. The van der Waals surface area contributed by atoms with Gasteiger partial charge in [-0.15, -0.1) is 0 Å². The highest BCUT2D eigenvalue weighted by atomic mass is 16.5. The SMILES string of the molecule is C/C(=N\NC(=O)c1cc(OCc2ccccc2)c(OCc2ccccc2)c(OCc2ccccc2)c1)c1ccccc1. The zero-order chi connectivity index (χ0) is 29.0. The van der Waals surface area contributed by atoms with Gasteiger partial charge in [0.2, 0.25) is 5.75 Å². The van der Waals surface area contributed by atoms with Gasteiger partial charge < -0.3 is 14.2 Å². The quantitative estimate of drug-likeness (QED) is 0.127. The molecule has 0 radical (unpaired) electrons. The summed E-state index contributed by atoms with van der Waals surface area (Å²) in [7, 11) is 0. The van der Waals surface area contributed by atoms with Gasteiger partial charge >= 0.3 is 0 Å². The highest BCUT2D eigenvalue weighted by molar-refractivity contribution is 6.01. The Kier molecular flexibility index (Phi) is 9.61. The first-order valence-electron chi connectivity index (χ1n) is 13.7. The van der Waals surface area contributed by atoms with Crippen molar-refractivity contribution in [3.05, 3.63) is 161 Å². The number of nitrogens with zero attached hydrogens (tertiary/aromatic N) is 1. The minimum Gasteiger partial charge on any atom is -0.485 e. The van der Waals surface area contributed by atoms with Gasteiger partial charge in [0, 0.05) is 5.56 Å². The molecule has 5 aromatic rings. The maximum atomic E-state index is 13.4. The third kappa shape index (κ3) is 7.86. The summed E-state index contributed by atoms with van der Waals surface area (Å²) < 4.78 is 18.9. The van der Waals surface area contributed by atoms with Crippen LogP contribution in [0.1, 0.15) is 39.5 Å². The van der Waals surface area contributed by atoms with Crippen LogP contribution in [-0.4, -0.2) is 11.6 Å². The Morgan fingerprint density at radius 3 is 1.43 bits per heavy atom. The summed E-state index contributed by atoms with van der Waals surface area (Å²) in [6.07, 6.45) is 0. The minimum atomic E-state index is -0.394. The number of hydrogen-bond donors (Lipinski definition) is 1. The van der Waals surface area contributed by atoms with E-state index in [9.17, 15) is 4.79 Å². The monoisotopic (exact) mass is 556 g/mol. The zero-order valence-corrected chi connectivity index (χ0v) is 23.4. The number of rotatable bonds is 12. The van der Waals surface area contributed by atoms with Crippen molar-refractivity contribution in [2.45, 2.75) is 26.7 Å². The Hall–Kier alpha value is -5.36. The molecule has 0 bridgehead atoms. The Labute approximate surface area is 246 Å². The topological polar surface area (TPSA) is 69.2 Å². The van der Waals surface area contributed by atoms with Crippen molar-refractivity contribution in [2.75, 3.05) is 0 Å². The third-order valence-corrected chi connectivity index (χ3v) is 6.50. The molecular weight excluding hydrogens is 524 g/mol. The Morgan fingerprint density at radius 2 is 0.976 bits per heavy atom. The molecule has 1 N–H and O–H groups in total. The molecule has 0 saturated heterocycles. The second kappa shape index (κ2) is 14.3. The van der Waals surface area contributed by atoms with Crippen molar-refractivity contribution in [1.29, 1.82) is 0 Å². The van der Waals surface area contributed by atoms with Crippen LogP contribution < -0.4 is 19.6 Å². The maximum absolute atomic E-state index is 13.4. The van der Waals surface area contributed by atoms with Gasteiger partial charge in [0.1, 0.15) is 19.8 Å². The van der Waals surface area contributed by atoms with Crippen molar-refractivity contribution in [1.82, 2.24) is 5.43 Å². The molecule has 6 nitrogen and oxygen atoms in total. The molecule has 6 heteroatoms. The second-order valence-corrected chi connectivity index (χ2v) is 9.63. The molecule has 0 aliphatic carbocycles. The first kappa shape index (κ1) is 28.2. The van der Waals surface area contributed by atoms with E-state index in [0.717, 1.165) is 22.3 Å². The molecular formula is C36H32N2O4. The van der Waals surface area contributed by atoms with E-state index >= 15 is 0 Å². The fourth-order valence-electron chi connectivity index (χ4n) is 4.21. The van der Waals surface area contributed by atoms with Crippen molar-refractivity contribution in [2.24, 2.45) is 5.10 Å². The number of nitrogens with one attached hydrogen (secondary N) is 1. The molecule has 0 unspecified atom stereocenters. The summed E-state index contributed by atoms with van der Waals surface area (Å²) in [5, 5.41) is 4.32. The van der Waals surface area contributed by atoms with Crippen LogP contribution in [0.3, 0.4) is 0 Å². The van der Waals surface area contributed by atoms with Gasteiger partial charge in [-0.2, -0.15) is 5.10 Å². The van der Waals surface area contributed by atoms with Gasteiger partial charge in [-0.05, 0) is 41.3 Å². The fraction of sp³-hybridized carbons (Fsp3) is 0.111. The van der Waals surface area contributed by atoms with E-state index in [-0.39, 0.29) is 13.2 Å². The highest BCUT2D eigenvalue weighted by Gasteiger charge is 2.20. The van der Waals surface area contributed by atoms with E-state index in [0.29, 0.717) is 35.1 Å². The third-order valence-electron chi connectivity index (χ3n) is 6.50. The number of benzene rings is 5. The predicted molar refractivity (Wildman–Crippen MR) is 165 cm³/mol. The molecule has 0 spiro atoms. The number of amides is 1. The van der Waals surface area contributed by atoms with Gasteiger partial charge in [0.05, 0.1) is 5.71 Å². The number of carbonyl (C=O) groups is 1. The lowest BCUT2D eigenvalue weighted by Gasteiger charge is -2.19. The van der Waals surface area contributed by atoms with E-state index in [2.05, 4.69) is 10.5 Å². The van der Waals surface area contributed by atoms with Crippen LogP contribution in [0.25, 0.3) is 0 Å². The lowest BCUT2D eigenvalue weighted by molar-refractivity contribution is 0.0953. The first-order chi connectivity index (χ1) is 20.7. The van der Waals surface area contributed by atoms with Crippen LogP contribution >= 0.6 is 0 Å². The molecule has 0 atom stereocenters. The summed E-state index contributed by atoms with van der Waals surface area (Å²) in [6.45, 7) is 2.73. The second-order valence-electron chi connectivity index (χ2n) is 9.63. The molecule has 0 heterocycles. The minimum absolute atomic E-state index is 0.289.